The average Bonchev–Trinajstić information content (AvgIpc) is 3.06. The minimum Gasteiger partial charge on any atom is -0.491 e. The van der Waals surface area contributed by atoms with E-state index >= 15 is 0 Å². The topological polar surface area (TPSA) is 71.3 Å². The summed E-state index contributed by atoms with van der Waals surface area (Å²) in [5.41, 5.74) is 0.124. The van der Waals surface area contributed by atoms with Gasteiger partial charge in [-0.15, -0.1) is 0 Å². The van der Waals surface area contributed by atoms with Crippen LogP contribution in [0, 0.1) is 11.3 Å². The maximum atomic E-state index is 12.6. The van der Waals surface area contributed by atoms with Crippen molar-refractivity contribution < 1.29 is 14.3 Å². The Balaban J connectivity index is 2.16. The molecule has 1 N–H and O–H groups in total. The molecule has 1 aromatic rings. The molecule has 5 heteroatoms. The summed E-state index contributed by atoms with van der Waals surface area (Å²) in [7, 11) is 1.57. The van der Waals surface area contributed by atoms with Crippen LogP contribution >= 0.6 is 0 Å². The van der Waals surface area contributed by atoms with Gasteiger partial charge >= 0.3 is 0 Å². The highest BCUT2D eigenvalue weighted by atomic mass is 16.5. The van der Waals surface area contributed by atoms with Crippen LogP contribution in [0.5, 0.6) is 5.75 Å². The van der Waals surface area contributed by atoms with E-state index in [-0.39, 0.29) is 12.0 Å². The molecule has 124 valence electrons. The van der Waals surface area contributed by atoms with Crippen LogP contribution in [0.15, 0.2) is 18.2 Å². The van der Waals surface area contributed by atoms with Gasteiger partial charge in [-0.3, -0.25) is 4.79 Å². The Hall–Kier alpha value is -2.06. The number of methoxy groups -OCH3 is 1. The molecule has 0 aromatic heterocycles. The third kappa shape index (κ3) is 3.83. The molecular formula is C18H24N2O3. The second-order valence-corrected chi connectivity index (χ2v) is 6.02. The lowest BCUT2D eigenvalue weighted by Crippen LogP contribution is -2.42. The molecule has 0 aliphatic heterocycles. The highest BCUT2D eigenvalue weighted by Crippen LogP contribution is 2.34. The number of ether oxygens (including phenoxy) is 2. The van der Waals surface area contributed by atoms with Crippen molar-refractivity contribution >= 4 is 11.6 Å². The van der Waals surface area contributed by atoms with E-state index in [1.165, 1.54) is 0 Å². The van der Waals surface area contributed by atoms with Gasteiger partial charge < -0.3 is 14.8 Å². The van der Waals surface area contributed by atoms with Gasteiger partial charge in [0.05, 0.1) is 17.4 Å². The Kier molecular flexibility index (Phi) is 5.62. The second kappa shape index (κ2) is 7.47. The highest BCUT2D eigenvalue weighted by molar-refractivity contribution is 5.98. The number of nitriles is 1. The van der Waals surface area contributed by atoms with Crippen LogP contribution in [-0.4, -0.2) is 24.7 Å². The van der Waals surface area contributed by atoms with E-state index in [1.54, 1.807) is 25.3 Å². The van der Waals surface area contributed by atoms with Crippen LogP contribution < -0.4 is 10.1 Å². The number of benzene rings is 1. The van der Waals surface area contributed by atoms with Crippen molar-refractivity contribution in [2.45, 2.75) is 57.7 Å². The first kappa shape index (κ1) is 17.3. The Morgan fingerprint density at radius 1 is 1.43 bits per heavy atom. The summed E-state index contributed by atoms with van der Waals surface area (Å²) in [6.45, 7) is 4.01. The summed E-state index contributed by atoms with van der Waals surface area (Å²) in [6, 6.07) is 7.27. The fraction of sp³-hybridized carbons (Fsp3) is 0.556. The smallest absolute Gasteiger partial charge is 0.256 e. The molecule has 1 atom stereocenters. The van der Waals surface area contributed by atoms with E-state index in [2.05, 4.69) is 11.4 Å². The molecule has 1 amide bonds. The van der Waals surface area contributed by atoms with Gasteiger partial charge in [0.2, 0.25) is 0 Å². The van der Waals surface area contributed by atoms with Crippen LogP contribution in [0.1, 0.15) is 51.5 Å². The van der Waals surface area contributed by atoms with Crippen molar-refractivity contribution in [2.75, 3.05) is 12.4 Å². The van der Waals surface area contributed by atoms with Gasteiger partial charge in [-0.1, -0.05) is 6.92 Å². The van der Waals surface area contributed by atoms with Crippen molar-refractivity contribution in [1.82, 2.24) is 0 Å². The molecule has 0 spiro atoms. The number of hydrogen-bond acceptors (Lipinski definition) is 4. The Morgan fingerprint density at radius 3 is 2.70 bits per heavy atom. The SMILES string of the molecule is CCC(C)Oc1ccc(NC(=O)C2(OC)CCCC2)c(C#N)c1. The van der Waals surface area contributed by atoms with Gasteiger partial charge in [-0.05, 0) is 51.2 Å². The summed E-state index contributed by atoms with van der Waals surface area (Å²) in [4.78, 5) is 12.6. The van der Waals surface area contributed by atoms with E-state index in [0.717, 1.165) is 19.3 Å². The molecule has 0 radical (unpaired) electrons. The second-order valence-electron chi connectivity index (χ2n) is 6.02. The van der Waals surface area contributed by atoms with E-state index in [9.17, 15) is 10.1 Å². The van der Waals surface area contributed by atoms with Crippen molar-refractivity contribution in [3.63, 3.8) is 0 Å². The standard InChI is InChI=1S/C18H24N2O3/c1-4-13(2)23-15-7-8-16(14(11-15)12-19)20-17(21)18(22-3)9-5-6-10-18/h7-8,11,13H,4-6,9-10H2,1-3H3,(H,20,21). The molecule has 1 fully saturated rings. The molecule has 2 rings (SSSR count). The first-order valence-electron chi connectivity index (χ1n) is 8.12. The van der Waals surface area contributed by atoms with Crippen LogP contribution in [0.4, 0.5) is 5.69 Å². The van der Waals surface area contributed by atoms with Crippen LogP contribution in [0.2, 0.25) is 0 Å². The monoisotopic (exact) mass is 316 g/mol. The van der Waals surface area contributed by atoms with Crippen LogP contribution in [0.3, 0.4) is 0 Å². The highest BCUT2D eigenvalue weighted by Gasteiger charge is 2.41. The van der Waals surface area contributed by atoms with Crippen molar-refractivity contribution in [3.05, 3.63) is 23.8 Å². The number of nitrogens with one attached hydrogen (secondary N) is 1. The first-order valence-corrected chi connectivity index (χ1v) is 8.12. The Morgan fingerprint density at radius 2 is 2.13 bits per heavy atom. The van der Waals surface area contributed by atoms with Crippen molar-refractivity contribution in [2.24, 2.45) is 0 Å². The molecule has 1 unspecified atom stereocenters. The van der Waals surface area contributed by atoms with Crippen LogP contribution in [0.25, 0.3) is 0 Å². The molecule has 1 aliphatic carbocycles. The van der Waals surface area contributed by atoms with Gasteiger partial charge in [0, 0.05) is 13.2 Å². The fourth-order valence-corrected chi connectivity index (χ4v) is 2.82. The lowest BCUT2D eigenvalue weighted by Gasteiger charge is -2.26. The van der Waals surface area contributed by atoms with Crippen molar-refractivity contribution in [3.8, 4) is 11.8 Å². The quantitative estimate of drug-likeness (QED) is 0.870. The van der Waals surface area contributed by atoms with Gasteiger partial charge in [-0.25, -0.2) is 0 Å². The molecule has 1 aromatic carbocycles. The lowest BCUT2D eigenvalue weighted by atomic mass is 10.0. The Bertz CT molecular complexity index is 601. The molecule has 0 saturated heterocycles. The minimum absolute atomic E-state index is 0.0808. The minimum atomic E-state index is -0.765. The normalized spacial score (nSPS) is 17.3. The number of amides is 1. The number of hydrogen-bond donors (Lipinski definition) is 1. The zero-order valence-corrected chi connectivity index (χ0v) is 14.0. The number of carbonyl (C=O) groups is 1. The molecule has 0 bridgehead atoms. The maximum absolute atomic E-state index is 12.6. The first-order chi connectivity index (χ1) is 11.0. The zero-order chi connectivity index (χ0) is 16.9. The number of rotatable bonds is 6. The lowest BCUT2D eigenvalue weighted by molar-refractivity contribution is -0.137. The molecule has 0 heterocycles. The molecule has 23 heavy (non-hydrogen) atoms. The van der Waals surface area contributed by atoms with E-state index in [4.69, 9.17) is 9.47 Å². The van der Waals surface area contributed by atoms with Gasteiger partial charge in [-0.2, -0.15) is 5.26 Å². The summed E-state index contributed by atoms with van der Waals surface area (Å²) in [6.07, 6.45) is 4.36. The summed E-state index contributed by atoms with van der Waals surface area (Å²) in [5.74, 6) is 0.459. The number of nitrogens with zero attached hydrogens (tertiary/aromatic N) is 1. The predicted molar refractivity (Wildman–Crippen MR) is 88.4 cm³/mol. The summed E-state index contributed by atoms with van der Waals surface area (Å²) < 4.78 is 11.2. The molecule has 1 aliphatic rings. The molecule has 5 nitrogen and oxygen atoms in total. The molecule has 1 saturated carbocycles. The van der Waals surface area contributed by atoms with E-state index < -0.39 is 5.60 Å². The fourth-order valence-electron chi connectivity index (χ4n) is 2.82. The molecular weight excluding hydrogens is 292 g/mol. The Labute approximate surface area is 137 Å². The third-order valence-corrected chi connectivity index (χ3v) is 4.49. The summed E-state index contributed by atoms with van der Waals surface area (Å²) >= 11 is 0. The van der Waals surface area contributed by atoms with Gasteiger partial charge in [0.25, 0.3) is 5.91 Å². The van der Waals surface area contributed by atoms with Crippen LogP contribution in [-0.2, 0) is 9.53 Å². The van der Waals surface area contributed by atoms with Gasteiger partial charge in [0.1, 0.15) is 17.4 Å². The average molecular weight is 316 g/mol. The predicted octanol–water partition coefficient (Wildman–Crippen LogP) is 3.63. The largest absolute Gasteiger partial charge is 0.491 e. The maximum Gasteiger partial charge on any atom is 0.256 e. The van der Waals surface area contributed by atoms with E-state index in [0.29, 0.717) is 29.8 Å². The van der Waals surface area contributed by atoms with Crippen molar-refractivity contribution in [1.29, 1.82) is 5.26 Å². The summed E-state index contributed by atoms with van der Waals surface area (Å²) in [5, 5.41) is 12.2. The number of anilines is 1. The number of carbonyl (C=O) groups excluding carboxylic acids is 1. The van der Waals surface area contributed by atoms with Gasteiger partial charge in [0.15, 0.2) is 0 Å². The van der Waals surface area contributed by atoms with E-state index in [1.807, 2.05) is 13.8 Å². The zero-order valence-electron chi connectivity index (χ0n) is 14.0. The third-order valence-electron chi connectivity index (χ3n) is 4.49.